The molecule has 186 valence electrons. The molecule has 0 aliphatic rings. The van der Waals surface area contributed by atoms with Gasteiger partial charge in [0.1, 0.15) is 28.3 Å². The van der Waals surface area contributed by atoms with Crippen LogP contribution in [0.3, 0.4) is 0 Å². The third kappa shape index (κ3) is 5.52. The molecule has 4 aromatic rings. The predicted molar refractivity (Wildman–Crippen MR) is 139 cm³/mol. The van der Waals surface area contributed by atoms with Crippen molar-refractivity contribution in [2.24, 2.45) is 0 Å². The Morgan fingerprint density at radius 3 is 2.67 bits per heavy atom. The van der Waals surface area contributed by atoms with Crippen LogP contribution in [0, 0.1) is 6.92 Å². The van der Waals surface area contributed by atoms with Crippen LogP contribution in [0.15, 0.2) is 36.8 Å². The lowest BCUT2D eigenvalue weighted by atomic mass is 10.0. The molecule has 36 heavy (non-hydrogen) atoms. The number of anilines is 2. The van der Waals surface area contributed by atoms with E-state index in [0.717, 1.165) is 11.1 Å². The number of carbonyl (C=O) groups excluding carboxylic acids is 1. The monoisotopic (exact) mass is 526 g/mol. The van der Waals surface area contributed by atoms with Crippen LogP contribution in [0.5, 0.6) is 5.75 Å². The Bertz CT molecular complexity index is 1440. The Morgan fingerprint density at radius 1 is 1.14 bits per heavy atom. The number of nitrogens with one attached hydrogen (secondary N) is 2. The van der Waals surface area contributed by atoms with Crippen molar-refractivity contribution in [1.29, 1.82) is 0 Å². The topological polar surface area (TPSA) is 139 Å². The van der Waals surface area contributed by atoms with Crippen LogP contribution < -0.4 is 15.4 Å². The van der Waals surface area contributed by atoms with E-state index < -0.39 is 17.9 Å². The molecule has 3 N–H and O–H groups in total. The molecule has 0 aliphatic heterocycles. The molecule has 4 rings (SSSR count). The number of hydrogen-bond acceptors (Lipinski definition) is 9. The summed E-state index contributed by atoms with van der Waals surface area (Å²) in [4.78, 5) is 41.8. The summed E-state index contributed by atoms with van der Waals surface area (Å²) in [6.45, 7) is 3.74. The number of aryl methyl sites for hydroxylation is 1. The largest absolute Gasteiger partial charge is 0.494 e. The van der Waals surface area contributed by atoms with Gasteiger partial charge in [0.05, 0.1) is 29.8 Å². The van der Waals surface area contributed by atoms with Crippen LogP contribution in [0.4, 0.5) is 10.9 Å². The Kier molecular flexibility index (Phi) is 7.61. The number of carboxylic acids is 1. The van der Waals surface area contributed by atoms with Crippen LogP contribution >= 0.6 is 22.9 Å². The summed E-state index contributed by atoms with van der Waals surface area (Å²) in [5.74, 6) is -0.457. The van der Waals surface area contributed by atoms with Crippen molar-refractivity contribution in [2.75, 3.05) is 17.7 Å². The highest BCUT2D eigenvalue weighted by Gasteiger charge is 2.20. The minimum atomic E-state index is -0.939. The van der Waals surface area contributed by atoms with E-state index in [4.69, 9.17) is 16.3 Å². The van der Waals surface area contributed by atoms with Gasteiger partial charge in [0, 0.05) is 29.1 Å². The SMILES string of the molecule is CCCC(Nc1cc2sc(NC(=O)c3cnc(C)cc3-c3cc(Cl)ncc3OC)nc2cn1)C(=O)O. The van der Waals surface area contributed by atoms with Gasteiger partial charge in [-0.15, -0.1) is 0 Å². The Morgan fingerprint density at radius 2 is 1.94 bits per heavy atom. The second kappa shape index (κ2) is 10.8. The van der Waals surface area contributed by atoms with E-state index in [1.54, 1.807) is 18.2 Å². The summed E-state index contributed by atoms with van der Waals surface area (Å²) < 4.78 is 6.17. The third-order valence-corrected chi connectivity index (χ3v) is 6.46. The maximum atomic E-state index is 13.3. The first kappa shape index (κ1) is 25.3. The lowest BCUT2D eigenvalue weighted by Crippen LogP contribution is -2.29. The van der Waals surface area contributed by atoms with Gasteiger partial charge in [0.15, 0.2) is 5.13 Å². The normalized spacial score (nSPS) is 11.8. The summed E-state index contributed by atoms with van der Waals surface area (Å²) in [7, 11) is 1.52. The van der Waals surface area contributed by atoms with Crippen LogP contribution in [0.25, 0.3) is 21.3 Å². The van der Waals surface area contributed by atoms with Gasteiger partial charge in [-0.25, -0.2) is 19.7 Å². The zero-order chi connectivity index (χ0) is 25.8. The molecule has 0 aliphatic carbocycles. The highest BCUT2D eigenvalue weighted by Crippen LogP contribution is 2.34. The highest BCUT2D eigenvalue weighted by molar-refractivity contribution is 7.22. The zero-order valence-electron chi connectivity index (χ0n) is 19.7. The van der Waals surface area contributed by atoms with E-state index in [9.17, 15) is 14.7 Å². The average Bonchev–Trinajstić information content (AvgIpc) is 3.25. The van der Waals surface area contributed by atoms with Gasteiger partial charge in [-0.1, -0.05) is 36.3 Å². The van der Waals surface area contributed by atoms with Crippen molar-refractivity contribution in [2.45, 2.75) is 32.7 Å². The van der Waals surface area contributed by atoms with Crippen molar-refractivity contribution >= 4 is 56.0 Å². The first-order valence-electron chi connectivity index (χ1n) is 11.0. The number of fused-ring (bicyclic) bond motifs is 1. The van der Waals surface area contributed by atoms with E-state index in [1.165, 1.54) is 37.0 Å². The number of methoxy groups -OCH3 is 1. The number of aliphatic carboxylic acids is 1. The van der Waals surface area contributed by atoms with E-state index in [0.29, 0.717) is 51.0 Å². The van der Waals surface area contributed by atoms with Crippen molar-refractivity contribution < 1.29 is 19.4 Å². The summed E-state index contributed by atoms with van der Waals surface area (Å²) in [5.41, 5.74) is 2.80. The number of rotatable bonds is 9. The number of hydrogen-bond donors (Lipinski definition) is 3. The van der Waals surface area contributed by atoms with Gasteiger partial charge in [0.25, 0.3) is 5.91 Å². The molecular weight excluding hydrogens is 504 g/mol. The molecule has 0 fully saturated rings. The number of carboxylic acid groups (broad SMARTS) is 1. The fourth-order valence-electron chi connectivity index (χ4n) is 3.61. The van der Waals surface area contributed by atoms with Crippen LogP contribution in [-0.2, 0) is 4.79 Å². The molecule has 4 aromatic heterocycles. The number of nitrogens with zero attached hydrogens (tertiary/aromatic N) is 4. The molecule has 4 heterocycles. The smallest absolute Gasteiger partial charge is 0.326 e. The minimum Gasteiger partial charge on any atom is -0.494 e. The molecule has 0 saturated heterocycles. The molecule has 0 radical (unpaired) electrons. The second-order valence-electron chi connectivity index (χ2n) is 7.91. The number of carbonyl (C=O) groups is 2. The Balaban J connectivity index is 1.62. The molecular formula is C24H23ClN6O4S. The number of ether oxygens (including phenoxy) is 1. The van der Waals surface area contributed by atoms with E-state index in [-0.39, 0.29) is 5.15 Å². The maximum Gasteiger partial charge on any atom is 0.326 e. The maximum absolute atomic E-state index is 13.3. The molecule has 0 spiro atoms. The van der Waals surface area contributed by atoms with E-state index in [2.05, 4.69) is 30.6 Å². The fraction of sp³-hybridized carbons (Fsp3) is 0.250. The van der Waals surface area contributed by atoms with Gasteiger partial charge in [-0.05, 0) is 25.5 Å². The molecule has 0 bridgehead atoms. The number of amides is 1. The lowest BCUT2D eigenvalue weighted by Gasteiger charge is -2.13. The number of halogens is 1. The Hall–Kier alpha value is -3.83. The van der Waals surface area contributed by atoms with Crippen LogP contribution in [0.1, 0.15) is 35.8 Å². The summed E-state index contributed by atoms with van der Waals surface area (Å²) in [6.07, 6.45) is 5.72. The van der Waals surface area contributed by atoms with Crippen molar-refractivity contribution in [1.82, 2.24) is 19.9 Å². The summed E-state index contributed by atoms with van der Waals surface area (Å²) in [6, 6.07) is 4.39. The summed E-state index contributed by atoms with van der Waals surface area (Å²) >= 11 is 7.37. The quantitative estimate of drug-likeness (QED) is 0.256. The Labute approximate surface area is 215 Å². The third-order valence-electron chi connectivity index (χ3n) is 5.32. The van der Waals surface area contributed by atoms with Gasteiger partial charge in [0.2, 0.25) is 0 Å². The van der Waals surface area contributed by atoms with Crippen molar-refractivity contribution in [3.05, 3.63) is 53.2 Å². The van der Waals surface area contributed by atoms with Crippen LogP contribution in [-0.4, -0.2) is 50.1 Å². The molecule has 12 heteroatoms. The number of pyridine rings is 3. The minimum absolute atomic E-state index is 0.263. The molecule has 1 atom stereocenters. The van der Waals surface area contributed by atoms with Crippen molar-refractivity contribution in [3.63, 3.8) is 0 Å². The zero-order valence-corrected chi connectivity index (χ0v) is 21.3. The van der Waals surface area contributed by atoms with Crippen LogP contribution in [0.2, 0.25) is 5.15 Å². The fourth-order valence-corrected chi connectivity index (χ4v) is 4.63. The molecule has 1 amide bonds. The first-order valence-corrected chi connectivity index (χ1v) is 12.2. The van der Waals surface area contributed by atoms with E-state index in [1.807, 2.05) is 13.8 Å². The number of aromatic nitrogens is 4. The van der Waals surface area contributed by atoms with E-state index >= 15 is 0 Å². The van der Waals surface area contributed by atoms with Gasteiger partial charge in [-0.2, -0.15) is 0 Å². The van der Waals surface area contributed by atoms with Gasteiger partial charge < -0.3 is 15.2 Å². The van der Waals surface area contributed by atoms with Gasteiger partial charge in [-0.3, -0.25) is 15.1 Å². The molecule has 0 saturated carbocycles. The average molecular weight is 527 g/mol. The second-order valence-corrected chi connectivity index (χ2v) is 9.33. The number of thiazole rings is 1. The molecule has 0 aromatic carbocycles. The summed E-state index contributed by atoms with van der Waals surface area (Å²) in [5, 5.41) is 15.8. The predicted octanol–water partition coefficient (Wildman–Crippen LogP) is 5.04. The van der Waals surface area contributed by atoms with Gasteiger partial charge >= 0.3 is 5.97 Å². The highest BCUT2D eigenvalue weighted by atomic mass is 35.5. The first-order chi connectivity index (χ1) is 17.3. The van der Waals surface area contributed by atoms with Crippen molar-refractivity contribution in [3.8, 4) is 16.9 Å². The lowest BCUT2D eigenvalue weighted by molar-refractivity contribution is -0.138. The molecule has 1 unspecified atom stereocenters. The molecule has 10 nitrogen and oxygen atoms in total. The standard InChI is InChI=1S/C24H23ClN6O4S/c1-4-5-16(23(33)34)29-21-8-19-17(10-28-21)30-24(36-19)31-22(32)15-9-26-12(2)6-13(15)14-7-20(25)27-11-18(14)35-3/h6-11,16H,4-5H2,1-3H3,(H,28,29)(H,33,34)(H,30,31,32).